The Hall–Kier alpha value is -1.10. The Morgan fingerprint density at radius 2 is 1.79 bits per heavy atom. The maximum absolute atomic E-state index is 13.7. The molecule has 0 amide bonds. The second-order valence-electron chi connectivity index (χ2n) is 5.62. The van der Waals surface area contributed by atoms with Crippen LogP contribution in [0.25, 0.3) is 11.0 Å². The predicted octanol–water partition coefficient (Wildman–Crippen LogP) is 2.15. The third-order valence-electron chi connectivity index (χ3n) is 4.13. The van der Waals surface area contributed by atoms with Gasteiger partial charge in [0.05, 0.1) is 6.54 Å². The van der Waals surface area contributed by atoms with Gasteiger partial charge >= 0.3 is 0 Å². The number of rotatable bonds is 4. The first-order valence-corrected chi connectivity index (χ1v) is 8.39. The smallest absolute Gasteiger partial charge is 0.254 e. The molecule has 1 heterocycles. The molecule has 0 aliphatic carbocycles. The number of halogens is 4. The third-order valence-corrected chi connectivity index (χ3v) is 4.83. The van der Waals surface area contributed by atoms with E-state index in [1.165, 1.54) is 6.07 Å². The van der Waals surface area contributed by atoms with Crippen molar-refractivity contribution < 1.29 is 25.9 Å². The lowest BCUT2D eigenvalue weighted by Crippen LogP contribution is -3.00. The lowest BCUT2D eigenvalue weighted by atomic mass is 10.2. The van der Waals surface area contributed by atoms with Crippen molar-refractivity contribution in [2.45, 2.75) is 33.4 Å². The van der Waals surface area contributed by atoms with Crippen LogP contribution in [0.15, 0.2) is 36.4 Å². The molecule has 0 radical (unpaired) electrons. The van der Waals surface area contributed by atoms with Crippen LogP contribution in [0.4, 0.5) is 4.39 Å². The van der Waals surface area contributed by atoms with Gasteiger partial charge in [0.25, 0.3) is 5.82 Å². The highest BCUT2D eigenvalue weighted by molar-refractivity contribution is 6.35. The van der Waals surface area contributed by atoms with Crippen LogP contribution in [0.5, 0.6) is 0 Å². The molecule has 0 aliphatic rings. The lowest BCUT2D eigenvalue weighted by Gasteiger charge is -2.06. The molecule has 2 nitrogen and oxygen atoms in total. The van der Waals surface area contributed by atoms with Crippen LogP contribution < -0.4 is 21.5 Å². The summed E-state index contributed by atoms with van der Waals surface area (Å²) in [6.45, 7) is 5.55. The van der Waals surface area contributed by atoms with Gasteiger partial charge in [-0.05, 0) is 30.7 Å². The average Bonchev–Trinajstić information content (AvgIpc) is 2.76. The molecule has 3 aromatic rings. The van der Waals surface area contributed by atoms with Crippen molar-refractivity contribution in [3.63, 3.8) is 0 Å². The highest BCUT2D eigenvalue weighted by Gasteiger charge is 2.23. The van der Waals surface area contributed by atoms with Gasteiger partial charge in [0.1, 0.15) is 12.4 Å². The van der Waals surface area contributed by atoms with Crippen LogP contribution >= 0.6 is 23.2 Å². The number of hydrogen-bond acceptors (Lipinski definition) is 0. The van der Waals surface area contributed by atoms with E-state index in [4.69, 9.17) is 23.2 Å². The number of benzene rings is 2. The summed E-state index contributed by atoms with van der Waals surface area (Å²) in [4.78, 5) is 0. The fourth-order valence-corrected chi connectivity index (χ4v) is 3.50. The van der Waals surface area contributed by atoms with E-state index in [9.17, 15) is 4.39 Å². The number of hydrogen-bond donors (Lipinski definition) is 0. The van der Waals surface area contributed by atoms with Gasteiger partial charge in [-0.25, -0.2) is 13.5 Å². The summed E-state index contributed by atoms with van der Waals surface area (Å²) in [5.74, 6) is 0.832. The Kier molecular flexibility index (Phi) is 6.29. The third kappa shape index (κ3) is 3.46. The summed E-state index contributed by atoms with van der Waals surface area (Å²) in [5, 5.41) is 1.28. The standard InChI is InChI=1S/C18H18Cl2FN2.BrH/c1-3-9-22-12(2)23(17-8-7-13(21)10-18(17)22)11-14-15(19)5-4-6-16(14)20;/h4-8,10H,3,9,11H2,1-2H3;1H/q+1;/p-1. The summed E-state index contributed by atoms with van der Waals surface area (Å²) in [6.07, 6.45) is 0.980. The second kappa shape index (κ2) is 7.85. The van der Waals surface area contributed by atoms with Crippen molar-refractivity contribution in [3.05, 3.63) is 63.6 Å². The largest absolute Gasteiger partial charge is 1.00 e. The van der Waals surface area contributed by atoms with Crippen LogP contribution in [0.1, 0.15) is 24.7 Å². The molecule has 2 aromatic carbocycles. The van der Waals surface area contributed by atoms with Crippen molar-refractivity contribution in [2.75, 3.05) is 0 Å². The summed E-state index contributed by atoms with van der Waals surface area (Å²) < 4.78 is 18.0. The van der Waals surface area contributed by atoms with Crippen molar-refractivity contribution in [3.8, 4) is 0 Å². The van der Waals surface area contributed by atoms with Gasteiger partial charge in [-0.2, -0.15) is 0 Å². The Bertz CT molecular complexity index is 857. The van der Waals surface area contributed by atoms with E-state index in [0.717, 1.165) is 35.4 Å². The fraction of sp³-hybridized carbons (Fsp3) is 0.278. The minimum atomic E-state index is -0.227. The van der Waals surface area contributed by atoms with Crippen LogP contribution in [0.3, 0.4) is 0 Å². The van der Waals surface area contributed by atoms with Gasteiger partial charge in [0.2, 0.25) is 0 Å². The van der Waals surface area contributed by atoms with Crippen molar-refractivity contribution >= 4 is 34.2 Å². The van der Waals surface area contributed by atoms with E-state index in [1.807, 2.05) is 31.2 Å². The lowest BCUT2D eigenvalue weighted by molar-refractivity contribution is -0.669. The first-order chi connectivity index (χ1) is 11.0. The van der Waals surface area contributed by atoms with Crippen LogP contribution in [0, 0.1) is 12.7 Å². The molecule has 0 unspecified atom stereocenters. The maximum atomic E-state index is 13.7. The molecule has 0 atom stereocenters. The molecule has 0 saturated carbocycles. The Morgan fingerprint density at radius 1 is 1.12 bits per heavy atom. The van der Waals surface area contributed by atoms with Crippen molar-refractivity contribution in [1.82, 2.24) is 4.57 Å². The first kappa shape index (κ1) is 19.2. The predicted molar refractivity (Wildman–Crippen MR) is 92.7 cm³/mol. The molecule has 0 aliphatic heterocycles. The molecule has 128 valence electrons. The zero-order chi connectivity index (χ0) is 16.6. The Balaban J connectivity index is 0.00000208. The summed E-state index contributed by atoms with van der Waals surface area (Å²) in [7, 11) is 0. The van der Waals surface area contributed by atoms with E-state index < -0.39 is 0 Å². The molecule has 1 aromatic heterocycles. The number of aryl methyl sites for hydroxylation is 1. The van der Waals surface area contributed by atoms with Gasteiger partial charge in [0, 0.05) is 28.6 Å². The molecule has 0 fully saturated rings. The fourth-order valence-electron chi connectivity index (χ4n) is 2.98. The SMILES string of the molecule is CCCn1c(C)[n+](Cc2c(Cl)cccc2Cl)c2ccc(F)cc21.[Br-]. The summed E-state index contributed by atoms with van der Waals surface area (Å²) in [6, 6.07) is 10.4. The molecule has 0 saturated heterocycles. The normalized spacial score (nSPS) is 10.9. The van der Waals surface area contributed by atoms with Gasteiger partial charge < -0.3 is 17.0 Å². The number of aromatic nitrogens is 2. The van der Waals surface area contributed by atoms with Gasteiger partial charge in [-0.15, -0.1) is 0 Å². The van der Waals surface area contributed by atoms with Crippen LogP contribution in [0.2, 0.25) is 10.0 Å². The van der Waals surface area contributed by atoms with Gasteiger partial charge in [-0.1, -0.05) is 36.2 Å². The zero-order valence-electron chi connectivity index (χ0n) is 13.5. The van der Waals surface area contributed by atoms with Crippen LogP contribution in [-0.2, 0) is 13.1 Å². The Morgan fingerprint density at radius 3 is 2.42 bits per heavy atom. The minimum absolute atomic E-state index is 0. The zero-order valence-corrected chi connectivity index (χ0v) is 16.6. The van der Waals surface area contributed by atoms with Crippen molar-refractivity contribution in [2.24, 2.45) is 0 Å². The van der Waals surface area contributed by atoms with Crippen molar-refractivity contribution in [1.29, 1.82) is 0 Å². The van der Waals surface area contributed by atoms with E-state index in [2.05, 4.69) is 16.1 Å². The molecule has 0 N–H and O–H groups in total. The number of nitrogens with zero attached hydrogens (tertiary/aromatic N) is 2. The number of imidazole rings is 1. The Labute approximate surface area is 161 Å². The quantitative estimate of drug-likeness (QED) is 0.559. The van der Waals surface area contributed by atoms with E-state index >= 15 is 0 Å². The molecule has 0 spiro atoms. The highest BCUT2D eigenvalue weighted by Crippen LogP contribution is 2.25. The molecular formula is C18H18BrCl2FN2. The van der Waals surface area contributed by atoms with E-state index in [-0.39, 0.29) is 22.8 Å². The maximum Gasteiger partial charge on any atom is 0.254 e. The monoisotopic (exact) mass is 430 g/mol. The van der Waals surface area contributed by atoms with Gasteiger partial charge in [-0.3, -0.25) is 0 Å². The summed E-state index contributed by atoms with van der Waals surface area (Å²) >= 11 is 12.6. The molecule has 0 bridgehead atoms. The van der Waals surface area contributed by atoms with Crippen LogP contribution in [-0.4, -0.2) is 4.57 Å². The van der Waals surface area contributed by atoms with E-state index in [0.29, 0.717) is 16.6 Å². The molecular weight excluding hydrogens is 414 g/mol. The summed E-state index contributed by atoms with van der Waals surface area (Å²) in [5.41, 5.74) is 2.75. The molecule has 24 heavy (non-hydrogen) atoms. The molecule has 3 rings (SSSR count). The topological polar surface area (TPSA) is 8.81 Å². The minimum Gasteiger partial charge on any atom is -1.00 e. The number of fused-ring (bicyclic) bond motifs is 1. The highest BCUT2D eigenvalue weighted by atomic mass is 79.9. The molecule has 6 heteroatoms. The second-order valence-corrected chi connectivity index (χ2v) is 6.43. The van der Waals surface area contributed by atoms with Gasteiger partial charge in [0.15, 0.2) is 11.0 Å². The first-order valence-electron chi connectivity index (χ1n) is 7.64. The van der Waals surface area contributed by atoms with E-state index in [1.54, 1.807) is 6.07 Å². The average molecular weight is 432 g/mol.